The molecule has 2 aliphatic rings. The van der Waals surface area contributed by atoms with Crippen LogP contribution in [0.2, 0.25) is 0 Å². The summed E-state index contributed by atoms with van der Waals surface area (Å²) in [6.07, 6.45) is 4.82. The van der Waals surface area contributed by atoms with Crippen molar-refractivity contribution in [3.8, 4) is 0 Å². The summed E-state index contributed by atoms with van der Waals surface area (Å²) in [6, 6.07) is 0.0495. The Kier molecular flexibility index (Phi) is 3.69. The summed E-state index contributed by atoms with van der Waals surface area (Å²) in [5.74, 6) is 0.254. The number of H-pyrrole nitrogens is 1. The number of fused-ring (bicyclic) bond motifs is 1. The molecule has 2 aliphatic heterocycles. The molecule has 1 aromatic heterocycles. The highest BCUT2D eigenvalue weighted by atomic mass is 35.5. The van der Waals surface area contributed by atoms with Crippen molar-refractivity contribution in [2.24, 2.45) is 0 Å². The van der Waals surface area contributed by atoms with Crippen molar-refractivity contribution in [1.29, 1.82) is 0 Å². The summed E-state index contributed by atoms with van der Waals surface area (Å²) in [6.45, 7) is 2.50. The average molecular weight is 257 g/mol. The fraction of sp³-hybridized carbons (Fsp3) is 0.636. The Balaban J connectivity index is 0.00000108. The summed E-state index contributed by atoms with van der Waals surface area (Å²) < 4.78 is 0. The zero-order valence-electron chi connectivity index (χ0n) is 9.61. The smallest absolute Gasteiger partial charge is 0.240 e. The Morgan fingerprint density at radius 2 is 2.41 bits per heavy atom. The number of carbonyl (C=O) groups is 1. The first-order valence-corrected chi connectivity index (χ1v) is 5.88. The molecule has 1 aromatic rings. The van der Waals surface area contributed by atoms with Crippen molar-refractivity contribution in [3.05, 3.63) is 17.5 Å². The van der Waals surface area contributed by atoms with Gasteiger partial charge in [-0.25, -0.2) is 0 Å². The molecule has 1 saturated heterocycles. The maximum absolute atomic E-state index is 12.2. The minimum atomic E-state index is 0. The number of aromatic amines is 1. The molecule has 17 heavy (non-hydrogen) atoms. The van der Waals surface area contributed by atoms with Gasteiger partial charge in [-0.1, -0.05) is 0 Å². The molecule has 1 fully saturated rings. The largest absolute Gasteiger partial charge is 0.336 e. The van der Waals surface area contributed by atoms with E-state index in [4.69, 9.17) is 0 Å². The molecule has 0 saturated carbocycles. The van der Waals surface area contributed by atoms with Gasteiger partial charge in [0.05, 0.1) is 12.2 Å². The third-order valence-electron chi connectivity index (χ3n) is 3.47. The predicted molar refractivity (Wildman–Crippen MR) is 66.0 cm³/mol. The van der Waals surface area contributed by atoms with Crippen LogP contribution in [0.15, 0.2) is 6.20 Å². The molecule has 6 heteroatoms. The maximum atomic E-state index is 12.2. The van der Waals surface area contributed by atoms with E-state index in [-0.39, 0.29) is 24.4 Å². The van der Waals surface area contributed by atoms with E-state index in [9.17, 15) is 4.79 Å². The second kappa shape index (κ2) is 5.06. The number of hydrogen-bond donors (Lipinski definition) is 2. The minimum absolute atomic E-state index is 0. The van der Waals surface area contributed by atoms with E-state index in [0.29, 0.717) is 6.54 Å². The third kappa shape index (κ3) is 2.30. The molecule has 3 heterocycles. The van der Waals surface area contributed by atoms with E-state index >= 15 is 0 Å². The molecule has 5 nitrogen and oxygen atoms in total. The lowest BCUT2D eigenvalue weighted by Gasteiger charge is -2.28. The maximum Gasteiger partial charge on any atom is 0.240 e. The Hall–Kier alpha value is -1.07. The van der Waals surface area contributed by atoms with Gasteiger partial charge in [0.2, 0.25) is 5.91 Å². The monoisotopic (exact) mass is 256 g/mol. The number of nitrogens with zero attached hydrogens (tertiary/aromatic N) is 2. The van der Waals surface area contributed by atoms with Crippen LogP contribution in [0.1, 0.15) is 24.1 Å². The summed E-state index contributed by atoms with van der Waals surface area (Å²) in [7, 11) is 0. The Labute approximate surface area is 106 Å². The first-order valence-electron chi connectivity index (χ1n) is 5.88. The Morgan fingerprint density at radius 3 is 3.18 bits per heavy atom. The van der Waals surface area contributed by atoms with Crippen molar-refractivity contribution >= 4 is 18.3 Å². The molecule has 1 unspecified atom stereocenters. The fourth-order valence-corrected chi connectivity index (χ4v) is 2.53. The molecule has 0 aromatic carbocycles. The third-order valence-corrected chi connectivity index (χ3v) is 3.47. The van der Waals surface area contributed by atoms with Crippen LogP contribution in [0.25, 0.3) is 0 Å². The standard InChI is InChI=1S/C11H16N4O.ClH/c16-11(10-2-1-4-12-10)15-5-3-9-8(7-15)6-13-14-9;/h6,10,12H,1-5,7H2,(H,13,14);1H. The van der Waals surface area contributed by atoms with Gasteiger partial charge in [-0.2, -0.15) is 5.10 Å². The number of hydrogen-bond acceptors (Lipinski definition) is 3. The quantitative estimate of drug-likeness (QED) is 0.768. The SMILES string of the molecule is Cl.O=C(C1CCCN1)N1CCc2[nH]ncc2C1. The number of nitrogens with one attached hydrogen (secondary N) is 2. The lowest BCUT2D eigenvalue weighted by atomic mass is 10.1. The molecule has 0 bridgehead atoms. The molecular weight excluding hydrogens is 240 g/mol. The van der Waals surface area contributed by atoms with Crippen LogP contribution >= 0.6 is 12.4 Å². The van der Waals surface area contributed by atoms with Crippen LogP contribution < -0.4 is 5.32 Å². The summed E-state index contributed by atoms with van der Waals surface area (Å²) >= 11 is 0. The fourth-order valence-electron chi connectivity index (χ4n) is 2.53. The number of amides is 1. The van der Waals surface area contributed by atoms with Gasteiger partial charge in [-0.3, -0.25) is 9.89 Å². The van der Waals surface area contributed by atoms with E-state index < -0.39 is 0 Å². The van der Waals surface area contributed by atoms with Gasteiger partial charge in [0.15, 0.2) is 0 Å². The molecule has 0 spiro atoms. The van der Waals surface area contributed by atoms with Gasteiger partial charge < -0.3 is 10.2 Å². The van der Waals surface area contributed by atoms with E-state index in [0.717, 1.165) is 37.9 Å². The van der Waals surface area contributed by atoms with Crippen LogP contribution in [0.4, 0.5) is 0 Å². The zero-order valence-corrected chi connectivity index (χ0v) is 10.4. The first kappa shape index (κ1) is 12.4. The van der Waals surface area contributed by atoms with E-state index in [1.165, 1.54) is 5.69 Å². The summed E-state index contributed by atoms with van der Waals surface area (Å²) in [5, 5.41) is 10.3. The van der Waals surface area contributed by atoms with Crippen LogP contribution in [0.5, 0.6) is 0 Å². The van der Waals surface area contributed by atoms with Gasteiger partial charge in [0, 0.05) is 30.8 Å². The van der Waals surface area contributed by atoms with Crippen molar-refractivity contribution in [2.45, 2.75) is 31.8 Å². The topological polar surface area (TPSA) is 61.0 Å². The molecular formula is C11H17ClN4O. The van der Waals surface area contributed by atoms with E-state index in [1.807, 2.05) is 11.1 Å². The molecule has 0 aliphatic carbocycles. The Bertz CT molecular complexity index is 400. The minimum Gasteiger partial charge on any atom is -0.336 e. The number of rotatable bonds is 1. The highest BCUT2D eigenvalue weighted by Gasteiger charge is 2.29. The highest BCUT2D eigenvalue weighted by molar-refractivity contribution is 5.85. The average Bonchev–Trinajstić information content (AvgIpc) is 2.98. The van der Waals surface area contributed by atoms with Crippen molar-refractivity contribution in [3.63, 3.8) is 0 Å². The summed E-state index contributed by atoms with van der Waals surface area (Å²) in [4.78, 5) is 14.1. The zero-order chi connectivity index (χ0) is 11.0. The summed E-state index contributed by atoms with van der Waals surface area (Å²) in [5.41, 5.74) is 2.35. The molecule has 2 N–H and O–H groups in total. The van der Waals surface area contributed by atoms with Crippen molar-refractivity contribution in [2.75, 3.05) is 13.1 Å². The van der Waals surface area contributed by atoms with Crippen LogP contribution in [-0.2, 0) is 17.8 Å². The highest BCUT2D eigenvalue weighted by Crippen LogP contribution is 2.18. The Morgan fingerprint density at radius 1 is 1.53 bits per heavy atom. The molecule has 0 radical (unpaired) electrons. The number of halogens is 1. The molecule has 1 amide bonds. The second-order valence-electron chi connectivity index (χ2n) is 4.53. The van der Waals surface area contributed by atoms with Gasteiger partial charge >= 0.3 is 0 Å². The van der Waals surface area contributed by atoms with Crippen molar-refractivity contribution in [1.82, 2.24) is 20.4 Å². The molecule has 1 atom stereocenters. The van der Waals surface area contributed by atoms with Crippen LogP contribution in [0, 0.1) is 0 Å². The lowest BCUT2D eigenvalue weighted by molar-refractivity contribution is -0.134. The van der Waals surface area contributed by atoms with Crippen LogP contribution in [0.3, 0.4) is 0 Å². The van der Waals surface area contributed by atoms with Gasteiger partial charge in [0.25, 0.3) is 0 Å². The van der Waals surface area contributed by atoms with Crippen molar-refractivity contribution < 1.29 is 4.79 Å². The molecule has 3 rings (SSSR count). The van der Waals surface area contributed by atoms with E-state index in [1.54, 1.807) is 0 Å². The van der Waals surface area contributed by atoms with Gasteiger partial charge in [-0.05, 0) is 19.4 Å². The second-order valence-corrected chi connectivity index (χ2v) is 4.53. The molecule has 94 valence electrons. The number of carbonyl (C=O) groups excluding carboxylic acids is 1. The normalized spacial score (nSPS) is 23.1. The van der Waals surface area contributed by atoms with E-state index in [2.05, 4.69) is 15.5 Å². The lowest BCUT2D eigenvalue weighted by Crippen LogP contribution is -2.45. The van der Waals surface area contributed by atoms with Gasteiger partial charge in [0.1, 0.15) is 0 Å². The van der Waals surface area contributed by atoms with Gasteiger partial charge in [-0.15, -0.1) is 12.4 Å². The van der Waals surface area contributed by atoms with Crippen LogP contribution in [-0.4, -0.2) is 40.1 Å². The number of aromatic nitrogens is 2. The predicted octanol–water partition coefficient (Wildman–Crippen LogP) is 0.468. The first-order chi connectivity index (χ1) is 7.84.